The Hall–Kier alpha value is -2.79. The lowest BCUT2D eigenvalue weighted by molar-refractivity contribution is 0.249. The van der Waals surface area contributed by atoms with Gasteiger partial charge in [-0.05, 0) is 55.8 Å². The molecule has 1 atom stereocenters. The number of carbonyl (C=O) groups excluding carboxylic acids is 1. The molecule has 0 fully saturated rings. The number of amides is 2. The molecule has 0 spiro atoms. The molecule has 1 aromatic heterocycles. The third-order valence-corrected chi connectivity index (χ3v) is 4.15. The van der Waals surface area contributed by atoms with Gasteiger partial charge in [0, 0.05) is 22.6 Å². The van der Waals surface area contributed by atoms with Gasteiger partial charge in [0.2, 0.25) is 0 Å². The first kappa shape index (κ1) is 17.0. The van der Waals surface area contributed by atoms with Gasteiger partial charge >= 0.3 is 6.03 Å². The highest BCUT2D eigenvalue weighted by Crippen LogP contribution is 2.18. The second-order valence-electron chi connectivity index (χ2n) is 5.81. The minimum Gasteiger partial charge on any atom is -0.331 e. The highest BCUT2D eigenvalue weighted by Gasteiger charge is 2.10. The molecule has 6 heteroatoms. The smallest absolute Gasteiger partial charge is 0.319 e. The summed E-state index contributed by atoms with van der Waals surface area (Å²) < 4.78 is 1.82. The number of halogens is 1. The Morgan fingerprint density at radius 1 is 1.16 bits per heavy atom. The lowest BCUT2D eigenvalue weighted by atomic mass is 10.1. The van der Waals surface area contributed by atoms with Gasteiger partial charge in [-0.15, -0.1) is 0 Å². The number of carbonyl (C=O) groups is 1. The number of nitrogens with zero attached hydrogens (tertiary/aromatic N) is 2. The molecular formula is C19H19ClN4O. The third-order valence-electron chi connectivity index (χ3n) is 3.90. The molecule has 3 aromatic rings. The van der Waals surface area contributed by atoms with Crippen molar-refractivity contribution in [3.8, 4) is 5.69 Å². The Labute approximate surface area is 151 Å². The first-order chi connectivity index (χ1) is 12.0. The highest BCUT2D eigenvalue weighted by molar-refractivity contribution is 6.30. The fourth-order valence-electron chi connectivity index (χ4n) is 2.55. The lowest BCUT2D eigenvalue weighted by Crippen LogP contribution is -2.31. The minimum absolute atomic E-state index is 0.131. The van der Waals surface area contributed by atoms with E-state index in [0.717, 1.165) is 16.9 Å². The van der Waals surface area contributed by atoms with Crippen LogP contribution in [0.1, 0.15) is 24.2 Å². The second-order valence-corrected chi connectivity index (χ2v) is 6.24. The number of aromatic nitrogens is 2. The summed E-state index contributed by atoms with van der Waals surface area (Å²) in [6.07, 6.45) is 1.75. The van der Waals surface area contributed by atoms with E-state index in [1.165, 1.54) is 0 Å². The molecular weight excluding hydrogens is 336 g/mol. The van der Waals surface area contributed by atoms with Crippen molar-refractivity contribution in [2.45, 2.75) is 19.9 Å². The molecule has 2 amide bonds. The molecule has 5 nitrogen and oxygen atoms in total. The molecule has 2 N–H and O–H groups in total. The van der Waals surface area contributed by atoms with Crippen molar-refractivity contribution < 1.29 is 4.79 Å². The third kappa shape index (κ3) is 4.19. The molecule has 0 bridgehead atoms. The fraction of sp³-hybridized carbons (Fsp3) is 0.158. The van der Waals surface area contributed by atoms with Crippen LogP contribution in [0.2, 0.25) is 5.02 Å². The number of aryl methyl sites for hydroxylation is 1. The fourth-order valence-corrected chi connectivity index (χ4v) is 2.68. The summed E-state index contributed by atoms with van der Waals surface area (Å²) >= 11 is 5.89. The Morgan fingerprint density at radius 3 is 2.60 bits per heavy atom. The molecule has 0 aliphatic carbocycles. The standard InChI is InChI=1S/C19H19ClN4O/c1-13-10-11-21-24(13)18-5-3-4-17(12-18)23-19(25)22-14(2)15-6-8-16(20)9-7-15/h3-12,14H,1-2H3,(H2,22,23,25). The minimum atomic E-state index is -0.267. The van der Waals surface area contributed by atoms with Gasteiger partial charge in [-0.25, -0.2) is 9.48 Å². The summed E-state index contributed by atoms with van der Waals surface area (Å²) in [5, 5.41) is 10.7. The van der Waals surface area contributed by atoms with Crippen LogP contribution in [0.3, 0.4) is 0 Å². The Bertz CT molecular complexity index is 873. The average molecular weight is 355 g/mol. The second kappa shape index (κ2) is 7.40. The molecule has 0 aliphatic heterocycles. The largest absolute Gasteiger partial charge is 0.331 e. The van der Waals surface area contributed by atoms with Crippen molar-refractivity contribution in [2.24, 2.45) is 0 Å². The van der Waals surface area contributed by atoms with Gasteiger partial charge < -0.3 is 10.6 Å². The summed E-state index contributed by atoms with van der Waals surface area (Å²) in [4.78, 5) is 12.3. The van der Waals surface area contributed by atoms with Crippen molar-refractivity contribution in [3.05, 3.63) is 77.1 Å². The van der Waals surface area contributed by atoms with Crippen molar-refractivity contribution >= 4 is 23.3 Å². The summed E-state index contributed by atoms with van der Waals surface area (Å²) in [6, 6.07) is 16.5. The first-order valence-electron chi connectivity index (χ1n) is 7.97. The molecule has 1 unspecified atom stereocenters. The number of hydrogen-bond acceptors (Lipinski definition) is 2. The van der Waals surface area contributed by atoms with Gasteiger partial charge in [0.05, 0.1) is 11.7 Å². The Morgan fingerprint density at radius 2 is 1.92 bits per heavy atom. The van der Waals surface area contributed by atoms with Crippen LogP contribution in [0.5, 0.6) is 0 Å². The van der Waals surface area contributed by atoms with Crippen LogP contribution in [-0.2, 0) is 0 Å². The quantitative estimate of drug-likeness (QED) is 0.712. The van der Waals surface area contributed by atoms with Crippen LogP contribution < -0.4 is 10.6 Å². The molecule has 2 aromatic carbocycles. The van der Waals surface area contributed by atoms with Crippen molar-refractivity contribution in [3.63, 3.8) is 0 Å². The molecule has 25 heavy (non-hydrogen) atoms. The number of hydrogen-bond donors (Lipinski definition) is 2. The molecule has 128 valence electrons. The van der Waals surface area contributed by atoms with Crippen LogP contribution in [0.15, 0.2) is 60.8 Å². The van der Waals surface area contributed by atoms with E-state index in [4.69, 9.17) is 11.6 Å². The van der Waals surface area contributed by atoms with Crippen LogP contribution in [0, 0.1) is 6.92 Å². The zero-order chi connectivity index (χ0) is 17.8. The summed E-state index contributed by atoms with van der Waals surface area (Å²) in [5.74, 6) is 0. The van der Waals surface area contributed by atoms with Gasteiger partial charge in [0.1, 0.15) is 0 Å². The van der Waals surface area contributed by atoms with E-state index >= 15 is 0 Å². The normalized spacial score (nSPS) is 11.8. The Balaban J connectivity index is 1.67. The van der Waals surface area contributed by atoms with Crippen molar-refractivity contribution in [2.75, 3.05) is 5.32 Å². The molecule has 0 aliphatic rings. The predicted molar refractivity (Wildman–Crippen MR) is 100 cm³/mol. The number of benzene rings is 2. The molecule has 1 heterocycles. The zero-order valence-corrected chi connectivity index (χ0v) is 14.8. The van der Waals surface area contributed by atoms with E-state index in [1.807, 2.05) is 73.1 Å². The summed E-state index contributed by atoms with van der Waals surface area (Å²) in [5.41, 5.74) is 3.61. The summed E-state index contributed by atoms with van der Waals surface area (Å²) in [6.45, 7) is 3.90. The van der Waals surface area contributed by atoms with E-state index in [1.54, 1.807) is 6.20 Å². The van der Waals surface area contributed by atoms with E-state index in [9.17, 15) is 4.79 Å². The monoisotopic (exact) mass is 354 g/mol. The topological polar surface area (TPSA) is 59.0 Å². The number of rotatable bonds is 4. The van der Waals surface area contributed by atoms with Crippen LogP contribution in [-0.4, -0.2) is 15.8 Å². The molecule has 3 rings (SSSR count). The first-order valence-corrected chi connectivity index (χ1v) is 8.35. The van der Waals surface area contributed by atoms with E-state index in [0.29, 0.717) is 10.7 Å². The predicted octanol–water partition coefficient (Wildman–Crippen LogP) is 4.72. The number of anilines is 1. The van der Waals surface area contributed by atoms with Crippen molar-refractivity contribution in [1.82, 2.24) is 15.1 Å². The molecule has 0 saturated heterocycles. The van der Waals surface area contributed by atoms with Gasteiger partial charge in [0.15, 0.2) is 0 Å². The maximum atomic E-state index is 12.3. The van der Waals surface area contributed by atoms with Gasteiger partial charge in [0.25, 0.3) is 0 Å². The maximum Gasteiger partial charge on any atom is 0.319 e. The van der Waals surface area contributed by atoms with Crippen LogP contribution in [0.25, 0.3) is 5.69 Å². The van der Waals surface area contributed by atoms with E-state index < -0.39 is 0 Å². The van der Waals surface area contributed by atoms with Gasteiger partial charge in [-0.2, -0.15) is 5.10 Å². The summed E-state index contributed by atoms with van der Waals surface area (Å²) in [7, 11) is 0. The maximum absolute atomic E-state index is 12.3. The highest BCUT2D eigenvalue weighted by atomic mass is 35.5. The molecule has 0 radical (unpaired) electrons. The lowest BCUT2D eigenvalue weighted by Gasteiger charge is -2.15. The van der Waals surface area contributed by atoms with Crippen LogP contribution >= 0.6 is 11.6 Å². The molecule has 0 saturated carbocycles. The van der Waals surface area contributed by atoms with Crippen molar-refractivity contribution in [1.29, 1.82) is 0 Å². The Kier molecular flexibility index (Phi) is 5.05. The number of urea groups is 1. The van der Waals surface area contributed by atoms with Crippen LogP contribution in [0.4, 0.5) is 10.5 Å². The zero-order valence-electron chi connectivity index (χ0n) is 14.0. The van der Waals surface area contributed by atoms with Gasteiger partial charge in [-0.3, -0.25) is 0 Å². The average Bonchev–Trinajstić information content (AvgIpc) is 3.01. The van der Waals surface area contributed by atoms with Gasteiger partial charge in [-0.1, -0.05) is 29.8 Å². The number of nitrogens with one attached hydrogen (secondary N) is 2. The van der Waals surface area contributed by atoms with E-state index in [-0.39, 0.29) is 12.1 Å². The SMILES string of the molecule is Cc1ccnn1-c1cccc(NC(=O)NC(C)c2ccc(Cl)cc2)c1. The van der Waals surface area contributed by atoms with E-state index in [2.05, 4.69) is 15.7 Å².